The van der Waals surface area contributed by atoms with Crippen LogP contribution in [0.5, 0.6) is 11.5 Å². The Hall–Kier alpha value is -3.04. The third kappa shape index (κ3) is 7.01. The minimum Gasteiger partial charge on any atom is -0.496 e. The Labute approximate surface area is 213 Å². The molecule has 2 unspecified atom stereocenters. The van der Waals surface area contributed by atoms with Crippen LogP contribution in [-0.4, -0.2) is 55.2 Å². The number of hydrogen-bond acceptors (Lipinski definition) is 6. The van der Waals surface area contributed by atoms with Crippen LogP contribution in [0.2, 0.25) is 0 Å². The van der Waals surface area contributed by atoms with E-state index in [0.717, 1.165) is 28.2 Å². The molecule has 0 bridgehead atoms. The highest BCUT2D eigenvalue weighted by Crippen LogP contribution is 2.38. The zero-order chi connectivity index (χ0) is 26.2. The normalized spacial score (nSPS) is 16.5. The molecule has 2 aromatic rings. The number of ether oxygens (including phenoxy) is 2. The second-order valence-corrected chi connectivity index (χ2v) is 9.78. The molecular weight excluding hydrogens is 459 g/mol. The first-order valence-corrected chi connectivity index (χ1v) is 12.5. The van der Waals surface area contributed by atoms with Gasteiger partial charge in [0.1, 0.15) is 17.5 Å². The summed E-state index contributed by atoms with van der Waals surface area (Å²) < 4.78 is 11.0. The molecule has 0 heterocycles. The van der Waals surface area contributed by atoms with Crippen LogP contribution < -0.4 is 20.1 Å². The van der Waals surface area contributed by atoms with Crippen molar-refractivity contribution in [2.75, 3.05) is 14.2 Å². The largest absolute Gasteiger partial charge is 0.496 e. The van der Waals surface area contributed by atoms with Gasteiger partial charge in [0.2, 0.25) is 11.8 Å². The van der Waals surface area contributed by atoms with Crippen LogP contribution in [0, 0.1) is 11.8 Å². The van der Waals surface area contributed by atoms with Gasteiger partial charge in [0.05, 0.1) is 20.2 Å². The highest BCUT2D eigenvalue weighted by molar-refractivity contribution is 6.43. The number of benzene rings is 2. The van der Waals surface area contributed by atoms with Crippen molar-refractivity contribution in [3.63, 3.8) is 0 Å². The molecule has 4 N–H and O–H groups in total. The number of hydrogen-bond donors (Lipinski definition) is 4. The molecule has 0 spiro atoms. The topological polar surface area (TPSA) is 117 Å². The average Bonchev–Trinajstić information content (AvgIpc) is 2.87. The van der Waals surface area contributed by atoms with E-state index in [9.17, 15) is 19.6 Å². The summed E-state index contributed by atoms with van der Waals surface area (Å²) >= 11 is 0. The third-order valence-corrected chi connectivity index (χ3v) is 6.68. The fourth-order valence-electron chi connectivity index (χ4n) is 4.82. The number of fused-ring (bicyclic) bond motifs is 1. The second kappa shape index (κ2) is 12.8. The van der Waals surface area contributed by atoms with Gasteiger partial charge in [-0.3, -0.25) is 9.59 Å². The summed E-state index contributed by atoms with van der Waals surface area (Å²) in [6.45, 7) is 3.88. The van der Waals surface area contributed by atoms with Crippen LogP contribution in [0.3, 0.4) is 0 Å². The molecule has 0 fully saturated rings. The quantitative estimate of drug-likeness (QED) is 0.354. The van der Waals surface area contributed by atoms with Crippen LogP contribution >= 0.6 is 0 Å². The van der Waals surface area contributed by atoms with E-state index in [0.29, 0.717) is 25.7 Å². The predicted octanol–water partition coefficient (Wildman–Crippen LogP) is 2.08. The smallest absolute Gasteiger partial charge is 0.475 e. The second-order valence-electron chi connectivity index (χ2n) is 9.78. The lowest BCUT2D eigenvalue weighted by molar-refractivity contribution is -0.131. The Morgan fingerprint density at radius 3 is 2.22 bits per heavy atom. The standard InChI is InChI=1S/C27H37BN2O6/c1-17(2)14-25(28(33)34)30-27(32)22(15-18-8-6-5-7-9-18)29-26(31)19-10-11-20-21(16-19)24(36-4)13-12-23(20)35-3/h5-9,12-13,17,19,22,25,33-34H,10-11,14-16H2,1-4H3,(H,29,31)(H,30,32)/t19?,22-,25?/m0/s1. The first kappa shape index (κ1) is 27.6. The number of carbonyl (C=O) groups is 2. The number of carbonyl (C=O) groups excluding carboxylic acids is 2. The van der Waals surface area contributed by atoms with Gasteiger partial charge in [0.15, 0.2) is 0 Å². The molecule has 1 aliphatic rings. The number of rotatable bonds is 11. The molecular formula is C27H37BN2O6. The molecule has 0 saturated heterocycles. The Morgan fingerprint density at radius 2 is 1.64 bits per heavy atom. The van der Waals surface area contributed by atoms with E-state index in [-0.39, 0.29) is 24.2 Å². The maximum atomic E-state index is 13.4. The van der Waals surface area contributed by atoms with Crippen molar-refractivity contribution < 1.29 is 29.1 Å². The molecule has 0 aromatic heterocycles. The Kier molecular flexibility index (Phi) is 9.78. The first-order chi connectivity index (χ1) is 17.2. The van der Waals surface area contributed by atoms with Crippen molar-refractivity contribution in [2.24, 2.45) is 11.8 Å². The summed E-state index contributed by atoms with van der Waals surface area (Å²) in [7, 11) is 1.54. The molecule has 2 aromatic carbocycles. The molecule has 3 atom stereocenters. The molecule has 1 aliphatic carbocycles. The van der Waals surface area contributed by atoms with Crippen LogP contribution in [0.1, 0.15) is 43.4 Å². The average molecular weight is 496 g/mol. The Morgan fingerprint density at radius 1 is 1.00 bits per heavy atom. The molecule has 9 heteroatoms. The zero-order valence-corrected chi connectivity index (χ0v) is 21.5. The lowest BCUT2D eigenvalue weighted by Crippen LogP contribution is -2.55. The van der Waals surface area contributed by atoms with E-state index in [2.05, 4.69) is 10.6 Å². The van der Waals surface area contributed by atoms with Gasteiger partial charge in [-0.05, 0) is 49.3 Å². The Bertz CT molecular complexity index is 1030. The van der Waals surface area contributed by atoms with Gasteiger partial charge in [-0.15, -0.1) is 0 Å². The zero-order valence-electron chi connectivity index (χ0n) is 21.5. The molecule has 3 rings (SSSR count). The fourth-order valence-corrected chi connectivity index (χ4v) is 4.82. The first-order valence-electron chi connectivity index (χ1n) is 12.5. The van der Waals surface area contributed by atoms with Crippen LogP contribution in [-0.2, 0) is 28.9 Å². The highest BCUT2D eigenvalue weighted by Gasteiger charge is 2.33. The molecule has 194 valence electrons. The Balaban J connectivity index is 1.78. The lowest BCUT2D eigenvalue weighted by Gasteiger charge is -2.29. The minimum atomic E-state index is -1.69. The van der Waals surface area contributed by atoms with Gasteiger partial charge < -0.3 is 30.2 Å². The summed E-state index contributed by atoms with van der Waals surface area (Å²) in [6.07, 6.45) is 2.45. The van der Waals surface area contributed by atoms with E-state index >= 15 is 0 Å². The molecule has 2 amide bonds. The fraction of sp³-hybridized carbons (Fsp3) is 0.481. The molecule has 0 saturated carbocycles. The predicted molar refractivity (Wildman–Crippen MR) is 139 cm³/mol. The van der Waals surface area contributed by atoms with Crippen molar-refractivity contribution in [1.82, 2.24) is 10.6 Å². The van der Waals surface area contributed by atoms with Gasteiger partial charge in [-0.1, -0.05) is 44.2 Å². The van der Waals surface area contributed by atoms with Gasteiger partial charge in [-0.2, -0.15) is 0 Å². The minimum absolute atomic E-state index is 0.147. The number of methoxy groups -OCH3 is 2. The highest BCUT2D eigenvalue weighted by atomic mass is 16.5. The third-order valence-electron chi connectivity index (χ3n) is 6.68. The molecule has 36 heavy (non-hydrogen) atoms. The summed E-state index contributed by atoms with van der Waals surface area (Å²) in [5.74, 6) is -0.174. The summed E-state index contributed by atoms with van der Waals surface area (Å²) in [5.41, 5.74) is 2.89. The van der Waals surface area contributed by atoms with Crippen LogP contribution in [0.15, 0.2) is 42.5 Å². The maximum Gasteiger partial charge on any atom is 0.475 e. The molecule has 0 aliphatic heterocycles. The number of amides is 2. The SMILES string of the molecule is COc1ccc(OC)c2c1CCC(C(=O)N[C@@H](Cc1ccccc1)C(=O)NC(CC(C)C)B(O)O)C2. The summed E-state index contributed by atoms with van der Waals surface area (Å²) in [5, 5.41) is 25.2. The van der Waals surface area contributed by atoms with Crippen LogP contribution in [0.4, 0.5) is 0 Å². The van der Waals surface area contributed by atoms with Crippen molar-refractivity contribution in [1.29, 1.82) is 0 Å². The van der Waals surface area contributed by atoms with Gasteiger partial charge >= 0.3 is 7.12 Å². The van der Waals surface area contributed by atoms with Gasteiger partial charge in [0, 0.05) is 23.5 Å². The maximum absolute atomic E-state index is 13.4. The summed E-state index contributed by atoms with van der Waals surface area (Å²) in [6, 6.07) is 12.3. The van der Waals surface area contributed by atoms with E-state index < -0.39 is 25.0 Å². The van der Waals surface area contributed by atoms with E-state index in [1.165, 1.54) is 0 Å². The van der Waals surface area contributed by atoms with Crippen molar-refractivity contribution in [3.05, 3.63) is 59.2 Å². The van der Waals surface area contributed by atoms with Gasteiger partial charge in [0.25, 0.3) is 0 Å². The van der Waals surface area contributed by atoms with E-state index in [1.54, 1.807) is 14.2 Å². The number of nitrogens with one attached hydrogen (secondary N) is 2. The van der Waals surface area contributed by atoms with E-state index in [1.807, 2.05) is 56.3 Å². The van der Waals surface area contributed by atoms with Crippen molar-refractivity contribution >= 4 is 18.9 Å². The monoisotopic (exact) mass is 496 g/mol. The van der Waals surface area contributed by atoms with Crippen molar-refractivity contribution in [2.45, 2.75) is 57.9 Å². The molecule has 8 nitrogen and oxygen atoms in total. The molecule has 0 radical (unpaired) electrons. The van der Waals surface area contributed by atoms with E-state index in [4.69, 9.17) is 9.47 Å². The van der Waals surface area contributed by atoms with Gasteiger partial charge in [-0.25, -0.2) is 0 Å². The van der Waals surface area contributed by atoms with Crippen LogP contribution in [0.25, 0.3) is 0 Å². The van der Waals surface area contributed by atoms with Crippen molar-refractivity contribution in [3.8, 4) is 11.5 Å². The summed E-state index contributed by atoms with van der Waals surface area (Å²) in [4.78, 5) is 26.7. The lowest BCUT2D eigenvalue weighted by atomic mass is 9.75.